The lowest BCUT2D eigenvalue weighted by atomic mass is 9.90. The number of nitrogens with zero attached hydrogens (tertiary/aromatic N) is 1. The van der Waals surface area contributed by atoms with Gasteiger partial charge in [-0.05, 0) is 43.7 Å². The molecule has 0 amide bonds. The Labute approximate surface area is 97.9 Å². The third-order valence-electron chi connectivity index (χ3n) is 3.48. The van der Waals surface area contributed by atoms with Crippen LogP contribution < -0.4 is 4.90 Å². The molecule has 0 aromatic heterocycles. The van der Waals surface area contributed by atoms with Gasteiger partial charge in [-0.15, -0.1) is 12.4 Å². The van der Waals surface area contributed by atoms with Crippen molar-refractivity contribution in [3.05, 3.63) is 28.8 Å². The molecule has 3 rings (SSSR count). The molecule has 1 aromatic carbocycles. The van der Waals surface area contributed by atoms with Crippen LogP contribution in [0, 0.1) is 6.92 Å². The van der Waals surface area contributed by atoms with Crippen LogP contribution in [0.5, 0.6) is 0 Å². The van der Waals surface area contributed by atoms with Crippen LogP contribution in [0.3, 0.4) is 0 Å². The predicted octanol–water partition coefficient (Wildman–Crippen LogP) is 3.12. The van der Waals surface area contributed by atoms with Crippen molar-refractivity contribution in [3.63, 3.8) is 0 Å². The molecular formula is C13H18ClN. The van der Waals surface area contributed by atoms with E-state index in [9.17, 15) is 0 Å². The predicted molar refractivity (Wildman–Crippen MR) is 67.3 cm³/mol. The summed E-state index contributed by atoms with van der Waals surface area (Å²) in [5.74, 6) is 0. The fraction of sp³-hybridized carbons (Fsp3) is 0.538. The molecule has 0 radical (unpaired) electrons. The molecule has 0 bridgehead atoms. The molecule has 2 heteroatoms. The average Bonchev–Trinajstić information content (AvgIpc) is 2.18. The Morgan fingerprint density at radius 1 is 1.00 bits per heavy atom. The van der Waals surface area contributed by atoms with Crippen LogP contribution in [0.4, 0.5) is 5.69 Å². The van der Waals surface area contributed by atoms with Crippen molar-refractivity contribution in [2.75, 3.05) is 18.0 Å². The van der Waals surface area contributed by atoms with E-state index >= 15 is 0 Å². The second kappa shape index (κ2) is 4.05. The Morgan fingerprint density at radius 2 is 1.53 bits per heavy atom. The molecule has 1 aromatic rings. The quantitative estimate of drug-likeness (QED) is 0.653. The third-order valence-corrected chi connectivity index (χ3v) is 3.48. The minimum Gasteiger partial charge on any atom is -0.371 e. The fourth-order valence-electron chi connectivity index (χ4n) is 2.98. The summed E-state index contributed by atoms with van der Waals surface area (Å²) >= 11 is 0. The van der Waals surface area contributed by atoms with Gasteiger partial charge in [0.2, 0.25) is 0 Å². The summed E-state index contributed by atoms with van der Waals surface area (Å²) in [6.07, 6.45) is 5.27. The topological polar surface area (TPSA) is 3.24 Å². The molecular weight excluding hydrogens is 206 g/mol. The summed E-state index contributed by atoms with van der Waals surface area (Å²) in [5, 5.41) is 0. The zero-order chi connectivity index (χ0) is 9.54. The highest BCUT2D eigenvalue weighted by Crippen LogP contribution is 2.35. The Morgan fingerprint density at radius 3 is 2.07 bits per heavy atom. The van der Waals surface area contributed by atoms with Crippen LogP contribution in [0.1, 0.15) is 29.5 Å². The normalized spacial score (nSPS) is 18.1. The lowest BCUT2D eigenvalue weighted by molar-refractivity contribution is 0.633. The summed E-state index contributed by atoms with van der Waals surface area (Å²) < 4.78 is 0. The van der Waals surface area contributed by atoms with Crippen molar-refractivity contribution in [3.8, 4) is 0 Å². The van der Waals surface area contributed by atoms with Crippen molar-refractivity contribution in [1.29, 1.82) is 0 Å². The Hall–Kier alpha value is -0.690. The van der Waals surface area contributed by atoms with Gasteiger partial charge in [0.25, 0.3) is 0 Å². The number of anilines is 1. The first-order valence-electron chi connectivity index (χ1n) is 5.72. The van der Waals surface area contributed by atoms with Gasteiger partial charge in [0.1, 0.15) is 0 Å². The fourth-order valence-corrected chi connectivity index (χ4v) is 2.98. The van der Waals surface area contributed by atoms with Crippen LogP contribution in [0.15, 0.2) is 12.1 Å². The largest absolute Gasteiger partial charge is 0.371 e. The van der Waals surface area contributed by atoms with Crippen LogP contribution >= 0.6 is 12.4 Å². The first kappa shape index (κ1) is 10.8. The van der Waals surface area contributed by atoms with Gasteiger partial charge in [-0.1, -0.05) is 17.7 Å². The van der Waals surface area contributed by atoms with Gasteiger partial charge >= 0.3 is 0 Å². The van der Waals surface area contributed by atoms with Gasteiger partial charge in [0, 0.05) is 18.8 Å². The van der Waals surface area contributed by atoms with Crippen LogP contribution in [0.25, 0.3) is 0 Å². The van der Waals surface area contributed by atoms with E-state index < -0.39 is 0 Å². The maximum absolute atomic E-state index is 2.59. The minimum atomic E-state index is 0. The molecule has 0 aliphatic carbocycles. The minimum absolute atomic E-state index is 0. The van der Waals surface area contributed by atoms with Gasteiger partial charge in [-0.2, -0.15) is 0 Å². The number of halogens is 1. The zero-order valence-electron chi connectivity index (χ0n) is 9.25. The number of benzene rings is 1. The number of hydrogen-bond acceptors (Lipinski definition) is 1. The van der Waals surface area contributed by atoms with E-state index in [1.807, 2.05) is 0 Å². The first-order chi connectivity index (χ1) is 6.84. The molecule has 2 aliphatic heterocycles. The molecule has 0 atom stereocenters. The number of rotatable bonds is 0. The van der Waals surface area contributed by atoms with Crippen molar-refractivity contribution >= 4 is 18.1 Å². The molecule has 0 fully saturated rings. The maximum Gasteiger partial charge on any atom is 0.0431 e. The van der Waals surface area contributed by atoms with Crippen LogP contribution in [0.2, 0.25) is 0 Å². The molecule has 15 heavy (non-hydrogen) atoms. The zero-order valence-corrected chi connectivity index (χ0v) is 10.1. The highest BCUT2D eigenvalue weighted by Gasteiger charge is 2.23. The van der Waals surface area contributed by atoms with Gasteiger partial charge in [-0.3, -0.25) is 0 Å². The van der Waals surface area contributed by atoms with Gasteiger partial charge in [0.15, 0.2) is 0 Å². The number of aryl methyl sites for hydroxylation is 3. The van der Waals surface area contributed by atoms with E-state index in [-0.39, 0.29) is 12.4 Å². The summed E-state index contributed by atoms with van der Waals surface area (Å²) in [5.41, 5.74) is 6.24. The molecule has 2 heterocycles. The third kappa shape index (κ3) is 1.74. The lowest BCUT2D eigenvalue weighted by Gasteiger charge is -2.37. The number of hydrogen-bond donors (Lipinski definition) is 0. The standard InChI is InChI=1S/C13H17N.ClH/c1-10-8-11-4-2-6-14-7-3-5-12(9-10)13(11)14;/h8-9H,2-7H2,1H3;1H. The molecule has 0 saturated heterocycles. The van der Waals surface area contributed by atoms with Gasteiger partial charge in [0.05, 0.1) is 0 Å². The van der Waals surface area contributed by atoms with Crippen molar-refractivity contribution < 1.29 is 0 Å². The molecule has 0 spiro atoms. The van der Waals surface area contributed by atoms with E-state index in [4.69, 9.17) is 0 Å². The first-order valence-corrected chi connectivity index (χ1v) is 5.72. The van der Waals surface area contributed by atoms with Crippen molar-refractivity contribution in [2.24, 2.45) is 0 Å². The van der Waals surface area contributed by atoms with E-state index in [2.05, 4.69) is 24.0 Å². The van der Waals surface area contributed by atoms with E-state index in [0.717, 1.165) is 0 Å². The Kier molecular flexibility index (Phi) is 2.92. The molecule has 0 N–H and O–H groups in total. The molecule has 0 unspecified atom stereocenters. The van der Waals surface area contributed by atoms with E-state index in [1.54, 1.807) is 16.8 Å². The SMILES string of the molecule is Cc1cc2c3c(c1)CCCN3CCC2.Cl. The van der Waals surface area contributed by atoms with Crippen LogP contribution in [-0.4, -0.2) is 13.1 Å². The summed E-state index contributed by atoms with van der Waals surface area (Å²) in [6.45, 7) is 4.79. The molecule has 0 saturated carbocycles. The smallest absolute Gasteiger partial charge is 0.0431 e. The highest BCUT2D eigenvalue weighted by molar-refractivity contribution is 5.85. The summed E-state index contributed by atoms with van der Waals surface area (Å²) in [6, 6.07) is 4.77. The summed E-state index contributed by atoms with van der Waals surface area (Å²) in [7, 11) is 0. The van der Waals surface area contributed by atoms with Crippen molar-refractivity contribution in [2.45, 2.75) is 32.6 Å². The highest BCUT2D eigenvalue weighted by atomic mass is 35.5. The van der Waals surface area contributed by atoms with Gasteiger partial charge < -0.3 is 4.90 Å². The summed E-state index contributed by atoms with van der Waals surface area (Å²) in [4.78, 5) is 2.59. The van der Waals surface area contributed by atoms with E-state index in [0.29, 0.717) is 0 Å². The van der Waals surface area contributed by atoms with Gasteiger partial charge in [-0.25, -0.2) is 0 Å². The second-order valence-corrected chi connectivity index (χ2v) is 4.63. The monoisotopic (exact) mass is 223 g/mol. The Bertz CT molecular complexity index is 342. The lowest BCUT2D eigenvalue weighted by Crippen LogP contribution is -2.34. The van der Waals surface area contributed by atoms with E-state index in [1.165, 1.54) is 44.3 Å². The maximum atomic E-state index is 2.59. The molecule has 2 aliphatic rings. The van der Waals surface area contributed by atoms with Crippen molar-refractivity contribution in [1.82, 2.24) is 0 Å². The average molecular weight is 224 g/mol. The van der Waals surface area contributed by atoms with Crippen LogP contribution in [-0.2, 0) is 12.8 Å². The molecule has 82 valence electrons. The second-order valence-electron chi connectivity index (χ2n) is 4.63. The molecule has 1 nitrogen and oxygen atoms in total. The Balaban J connectivity index is 0.000000853.